The van der Waals surface area contributed by atoms with Crippen LogP contribution >= 0.6 is 0 Å². The van der Waals surface area contributed by atoms with Gasteiger partial charge in [-0.05, 0) is 18.2 Å². The number of aromatic nitrogens is 2. The second kappa shape index (κ2) is 5.61. The van der Waals surface area contributed by atoms with Crippen LogP contribution in [0.15, 0.2) is 18.2 Å². The van der Waals surface area contributed by atoms with E-state index in [4.69, 9.17) is 11.1 Å². The number of nitrogens with two attached hydrogens (primary N) is 1. The summed E-state index contributed by atoms with van der Waals surface area (Å²) in [6, 6.07) is 5.15. The molecule has 0 bridgehead atoms. The lowest BCUT2D eigenvalue weighted by molar-refractivity contribution is -0.135. The van der Waals surface area contributed by atoms with E-state index in [2.05, 4.69) is 14.7 Å². The number of rotatable bonds is 3. The molecule has 2 rings (SSSR count). The Morgan fingerprint density at radius 1 is 1.48 bits per heavy atom. The van der Waals surface area contributed by atoms with Crippen molar-refractivity contribution in [3.8, 4) is 0 Å². The molecular weight excluding hydrogens is 274 g/mol. The molecule has 8 heteroatoms. The first-order chi connectivity index (χ1) is 9.86. The van der Waals surface area contributed by atoms with Crippen LogP contribution in [0.25, 0.3) is 11.0 Å². The summed E-state index contributed by atoms with van der Waals surface area (Å²) < 4.78 is 4.48. The molecule has 0 aliphatic heterocycles. The summed E-state index contributed by atoms with van der Waals surface area (Å²) in [4.78, 5) is 30.8. The summed E-state index contributed by atoms with van der Waals surface area (Å²) in [7, 11) is 1.52. The van der Waals surface area contributed by atoms with Crippen LogP contribution in [0.2, 0.25) is 0 Å². The van der Waals surface area contributed by atoms with E-state index in [9.17, 15) is 9.59 Å². The molecule has 21 heavy (non-hydrogen) atoms. The van der Waals surface area contributed by atoms with Gasteiger partial charge in [0.1, 0.15) is 11.5 Å². The molecule has 0 aliphatic carbocycles. The van der Waals surface area contributed by atoms with Gasteiger partial charge in [-0.2, -0.15) is 0 Å². The number of amidine groups is 1. The third-order valence-corrected chi connectivity index (χ3v) is 2.76. The number of nitrogens with one attached hydrogen (secondary N) is 2. The normalized spacial score (nSPS) is 10.4. The first-order valence-electron chi connectivity index (χ1n) is 6.13. The van der Waals surface area contributed by atoms with Crippen LogP contribution in [0.5, 0.6) is 0 Å². The predicted octanol–water partition coefficient (Wildman–Crippen LogP) is 0.962. The molecule has 2 heterocycles. The molecule has 0 spiro atoms. The Kier molecular flexibility index (Phi) is 3.88. The molecule has 1 amide bonds. The summed E-state index contributed by atoms with van der Waals surface area (Å²) in [5.41, 5.74) is 7.91. The fraction of sp³-hybridized carbons (Fsp3) is 0.231. The summed E-state index contributed by atoms with van der Waals surface area (Å²) >= 11 is 0. The minimum Gasteiger partial charge on any atom is -0.382 e. The van der Waals surface area contributed by atoms with Gasteiger partial charge in [-0.25, -0.2) is 9.78 Å². The number of H-pyrrole nitrogens is 1. The summed E-state index contributed by atoms with van der Waals surface area (Å²) in [5.74, 6) is -0.766. The standard InChI is InChI=1S/C13H15N5O3/c1-7(19)21-13(20)18(2)6-8-5-11-9(16-8)3-4-10(17-11)12(14)15/h3-5,16H,6H2,1-2H3,(H3,14,15). The van der Waals surface area contributed by atoms with Crippen LogP contribution in [0, 0.1) is 5.41 Å². The molecule has 0 saturated heterocycles. The van der Waals surface area contributed by atoms with Gasteiger partial charge in [0.15, 0.2) is 0 Å². The summed E-state index contributed by atoms with van der Waals surface area (Å²) in [5, 5.41) is 7.36. The van der Waals surface area contributed by atoms with Crippen molar-refractivity contribution in [3.05, 3.63) is 29.6 Å². The van der Waals surface area contributed by atoms with Gasteiger partial charge < -0.3 is 20.4 Å². The highest BCUT2D eigenvalue weighted by Crippen LogP contribution is 2.15. The van der Waals surface area contributed by atoms with Crippen LogP contribution < -0.4 is 5.73 Å². The van der Waals surface area contributed by atoms with E-state index in [1.54, 1.807) is 18.2 Å². The van der Waals surface area contributed by atoms with E-state index in [-0.39, 0.29) is 12.4 Å². The molecule has 110 valence electrons. The topological polar surface area (TPSA) is 125 Å². The van der Waals surface area contributed by atoms with Crippen molar-refractivity contribution < 1.29 is 14.3 Å². The average molecular weight is 289 g/mol. The third-order valence-electron chi connectivity index (χ3n) is 2.76. The summed E-state index contributed by atoms with van der Waals surface area (Å²) in [6.45, 7) is 1.40. The van der Waals surface area contributed by atoms with Gasteiger partial charge in [-0.1, -0.05) is 0 Å². The maximum Gasteiger partial charge on any atom is 0.417 e. The molecule has 0 aromatic carbocycles. The third kappa shape index (κ3) is 3.35. The van der Waals surface area contributed by atoms with E-state index < -0.39 is 12.1 Å². The number of nitrogen functional groups attached to an aromatic ring is 1. The molecule has 0 radical (unpaired) electrons. The van der Waals surface area contributed by atoms with Gasteiger partial charge in [0.2, 0.25) is 0 Å². The zero-order valence-corrected chi connectivity index (χ0v) is 11.6. The minimum absolute atomic E-state index is 0.109. The second-order valence-electron chi connectivity index (χ2n) is 4.55. The first kappa shape index (κ1) is 14.5. The number of aromatic amines is 1. The number of amides is 1. The first-order valence-corrected chi connectivity index (χ1v) is 6.13. The van der Waals surface area contributed by atoms with Gasteiger partial charge >= 0.3 is 12.1 Å². The van der Waals surface area contributed by atoms with Gasteiger partial charge in [-0.3, -0.25) is 10.2 Å². The number of carbonyl (C=O) groups is 2. The Balaban J connectivity index is 2.17. The number of fused-ring (bicyclic) bond motifs is 1. The van der Waals surface area contributed by atoms with E-state index in [1.165, 1.54) is 18.9 Å². The smallest absolute Gasteiger partial charge is 0.382 e. The van der Waals surface area contributed by atoms with Gasteiger partial charge in [0.25, 0.3) is 0 Å². The van der Waals surface area contributed by atoms with E-state index in [0.29, 0.717) is 11.2 Å². The Hall–Kier alpha value is -2.90. The molecule has 0 atom stereocenters. The lowest BCUT2D eigenvalue weighted by Crippen LogP contribution is -2.28. The van der Waals surface area contributed by atoms with Gasteiger partial charge in [0.05, 0.1) is 17.6 Å². The second-order valence-corrected chi connectivity index (χ2v) is 4.55. The quantitative estimate of drug-likeness (QED) is 0.336. The van der Waals surface area contributed by atoms with Crippen molar-refractivity contribution in [2.45, 2.75) is 13.5 Å². The Labute approximate surface area is 120 Å². The van der Waals surface area contributed by atoms with Crippen molar-refractivity contribution in [3.63, 3.8) is 0 Å². The van der Waals surface area contributed by atoms with Crippen molar-refractivity contribution >= 4 is 28.9 Å². The number of ether oxygens (including phenoxy) is 1. The van der Waals surface area contributed by atoms with Crippen molar-refractivity contribution in [2.24, 2.45) is 5.73 Å². The number of pyridine rings is 1. The van der Waals surface area contributed by atoms with E-state index in [0.717, 1.165) is 11.2 Å². The predicted molar refractivity (Wildman–Crippen MR) is 75.7 cm³/mol. The monoisotopic (exact) mass is 289 g/mol. The SMILES string of the molecule is CC(=O)OC(=O)N(C)Cc1cc2nc(C(=N)N)ccc2[nH]1. The fourth-order valence-electron chi connectivity index (χ4n) is 1.82. The number of nitrogens with zero attached hydrogens (tertiary/aromatic N) is 2. The van der Waals surface area contributed by atoms with Crippen LogP contribution in [0.3, 0.4) is 0 Å². The molecule has 0 saturated carbocycles. The Morgan fingerprint density at radius 2 is 2.19 bits per heavy atom. The number of hydrogen-bond acceptors (Lipinski definition) is 5. The zero-order chi connectivity index (χ0) is 15.6. The van der Waals surface area contributed by atoms with Gasteiger partial charge in [0, 0.05) is 19.7 Å². The highest BCUT2D eigenvalue weighted by molar-refractivity contribution is 5.95. The zero-order valence-electron chi connectivity index (χ0n) is 11.6. The molecule has 0 aliphatic rings. The van der Waals surface area contributed by atoms with Crippen LogP contribution in [-0.2, 0) is 16.1 Å². The number of carbonyl (C=O) groups excluding carboxylic acids is 2. The van der Waals surface area contributed by atoms with Gasteiger partial charge in [-0.15, -0.1) is 0 Å². The Bertz CT molecular complexity index is 722. The maximum absolute atomic E-state index is 11.5. The van der Waals surface area contributed by atoms with E-state index >= 15 is 0 Å². The van der Waals surface area contributed by atoms with Crippen LogP contribution in [0.1, 0.15) is 18.3 Å². The maximum atomic E-state index is 11.5. The molecule has 4 N–H and O–H groups in total. The molecular formula is C13H15N5O3. The number of hydrogen-bond donors (Lipinski definition) is 3. The van der Waals surface area contributed by atoms with Crippen molar-refractivity contribution in [2.75, 3.05) is 7.05 Å². The molecule has 0 fully saturated rings. The summed E-state index contributed by atoms with van der Waals surface area (Å²) in [6.07, 6.45) is -0.724. The lowest BCUT2D eigenvalue weighted by Gasteiger charge is -2.14. The largest absolute Gasteiger partial charge is 0.417 e. The molecule has 8 nitrogen and oxygen atoms in total. The van der Waals surface area contributed by atoms with Crippen LogP contribution in [-0.4, -0.2) is 39.8 Å². The average Bonchev–Trinajstić information content (AvgIpc) is 2.78. The lowest BCUT2D eigenvalue weighted by atomic mass is 10.3. The molecule has 2 aromatic heterocycles. The molecule has 2 aromatic rings. The Morgan fingerprint density at radius 3 is 2.81 bits per heavy atom. The number of esters is 1. The van der Waals surface area contributed by atoms with E-state index in [1.807, 2.05) is 0 Å². The van der Waals surface area contributed by atoms with Crippen molar-refractivity contribution in [1.29, 1.82) is 5.41 Å². The minimum atomic E-state index is -0.724. The molecule has 0 unspecified atom stereocenters. The highest BCUT2D eigenvalue weighted by Gasteiger charge is 2.14. The highest BCUT2D eigenvalue weighted by atomic mass is 16.6. The fourth-order valence-corrected chi connectivity index (χ4v) is 1.82. The van der Waals surface area contributed by atoms with Crippen molar-refractivity contribution in [1.82, 2.24) is 14.9 Å². The van der Waals surface area contributed by atoms with Crippen LogP contribution in [0.4, 0.5) is 4.79 Å².